The molecule has 1 atom stereocenters. The summed E-state index contributed by atoms with van der Waals surface area (Å²) in [6.07, 6.45) is 7.28. The maximum Gasteiger partial charge on any atom is 0.221 e. The molecule has 2 heterocycles. The third-order valence-electron chi connectivity index (χ3n) is 4.90. The van der Waals surface area contributed by atoms with Gasteiger partial charge < -0.3 is 9.88 Å². The molecule has 0 bridgehead atoms. The molecule has 0 spiro atoms. The first-order valence-electron chi connectivity index (χ1n) is 8.47. The third-order valence-corrected chi connectivity index (χ3v) is 7.16. The van der Waals surface area contributed by atoms with E-state index in [-0.39, 0.29) is 29.4 Å². The van der Waals surface area contributed by atoms with Gasteiger partial charge in [-0.3, -0.25) is 4.79 Å². The van der Waals surface area contributed by atoms with E-state index >= 15 is 0 Å². The van der Waals surface area contributed by atoms with E-state index in [1.54, 1.807) is 0 Å². The smallest absolute Gasteiger partial charge is 0.221 e. The Labute approximate surface area is 137 Å². The minimum absolute atomic E-state index is 0.0222. The lowest BCUT2D eigenvalue weighted by atomic mass is 10.1. The number of aryl methyl sites for hydroxylation is 2. The van der Waals surface area contributed by atoms with Crippen LogP contribution in [0.15, 0.2) is 6.20 Å². The van der Waals surface area contributed by atoms with Crippen molar-refractivity contribution in [2.45, 2.75) is 69.7 Å². The lowest BCUT2D eigenvalue weighted by Crippen LogP contribution is -2.41. The topological polar surface area (TPSA) is 81.1 Å². The molecular formula is C16H25N3O3S. The SMILES string of the molecule is Cc1cn2c(n1)CC[C@H](NC(=O)CCS(=O)(=O)C1CCCC1)C2. The maximum absolute atomic E-state index is 12.2. The maximum atomic E-state index is 12.2. The van der Waals surface area contributed by atoms with E-state index in [0.29, 0.717) is 0 Å². The monoisotopic (exact) mass is 339 g/mol. The fourth-order valence-electron chi connectivity index (χ4n) is 3.65. The van der Waals surface area contributed by atoms with Crippen molar-refractivity contribution in [1.29, 1.82) is 0 Å². The Hall–Kier alpha value is -1.37. The van der Waals surface area contributed by atoms with Crippen molar-refractivity contribution in [1.82, 2.24) is 14.9 Å². The number of aromatic nitrogens is 2. The highest BCUT2D eigenvalue weighted by Crippen LogP contribution is 2.25. The molecule has 1 amide bonds. The Morgan fingerprint density at radius 1 is 1.35 bits per heavy atom. The Morgan fingerprint density at radius 2 is 2.09 bits per heavy atom. The van der Waals surface area contributed by atoms with Crippen molar-refractivity contribution in [3.8, 4) is 0 Å². The number of nitrogens with zero attached hydrogens (tertiary/aromatic N) is 2. The van der Waals surface area contributed by atoms with Gasteiger partial charge in [0.25, 0.3) is 0 Å². The number of amides is 1. The molecule has 0 radical (unpaired) electrons. The first-order chi connectivity index (χ1) is 10.9. The molecule has 0 saturated heterocycles. The second-order valence-electron chi connectivity index (χ2n) is 6.78. The molecule has 1 aromatic heterocycles. The molecule has 0 unspecified atom stereocenters. The second kappa shape index (κ2) is 6.63. The Balaban J connectivity index is 1.48. The molecule has 1 aromatic rings. The highest BCUT2D eigenvalue weighted by Gasteiger charge is 2.29. The minimum atomic E-state index is -3.12. The van der Waals surface area contributed by atoms with Crippen LogP contribution in [0.3, 0.4) is 0 Å². The number of rotatable bonds is 5. The van der Waals surface area contributed by atoms with Crippen LogP contribution in [0.2, 0.25) is 0 Å². The highest BCUT2D eigenvalue weighted by atomic mass is 32.2. The van der Waals surface area contributed by atoms with Crippen LogP contribution in [0.1, 0.15) is 50.0 Å². The highest BCUT2D eigenvalue weighted by molar-refractivity contribution is 7.92. The third kappa shape index (κ3) is 3.94. The standard InChI is InChI=1S/C16H25N3O3S/c1-12-10-19-11-13(6-7-15(19)17-12)18-16(20)8-9-23(21,22)14-4-2-3-5-14/h10,13-14H,2-9,11H2,1H3,(H,18,20)/t13-/m0/s1. The number of hydrogen-bond acceptors (Lipinski definition) is 4. The normalized spacial score (nSPS) is 22.0. The molecule has 23 heavy (non-hydrogen) atoms. The number of carbonyl (C=O) groups excluding carboxylic acids is 1. The van der Waals surface area contributed by atoms with Crippen molar-refractivity contribution in [3.63, 3.8) is 0 Å². The van der Waals surface area contributed by atoms with Gasteiger partial charge in [-0.15, -0.1) is 0 Å². The van der Waals surface area contributed by atoms with Crippen molar-refractivity contribution < 1.29 is 13.2 Å². The van der Waals surface area contributed by atoms with Gasteiger partial charge in [0.05, 0.1) is 16.7 Å². The Bertz CT molecular complexity index is 675. The van der Waals surface area contributed by atoms with Gasteiger partial charge in [-0.2, -0.15) is 0 Å². The lowest BCUT2D eigenvalue weighted by molar-refractivity contribution is -0.121. The van der Waals surface area contributed by atoms with Crippen molar-refractivity contribution in [2.75, 3.05) is 5.75 Å². The van der Waals surface area contributed by atoms with E-state index in [4.69, 9.17) is 0 Å². The molecule has 0 aromatic carbocycles. The molecule has 1 saturated carbocycles. The van der Waals surface area contributed by atoms with E-state index in [0.717, 1.165) is 56.6 Å². The summed E-state index contributed by atoms with van der Waals surface area (Å²) >= 11 is 0. The molecule has 1 fully saturated rings. The van der Waals surface area contributed by atoms with Crippen LogP contribution >= 0.6 is 0 Å². The summed E-state index contributed by atoms with van der Waals surface area (Å²) < 4.78 is 26.5. The van der Waals surface area contributed by atoms with Crippen LogP contribution in [0.4, 0.5) is 0 Å². The fraction of sp³-hybridized carbons (Fsp3) is 0.750. The predicted molar refractivity (Wildman–Crippen MR) is 87.9 cm³/mol. The quantitative estimate of drug-likeness (QED) is 0.878. The van der Waals surface area contributed by atoms with Crippen LogP contribution in [-0.4, -0.2) is 40.9 Å². The van der Waals surface area contributed by atoms with E-state index in [2.05, 4.69) is 14.9 Å². The number of carbonyl (C=O) groups is 1. The molecular weight excluding hydrogens is 314 g/mol. The van der Waals surface area contributed by atoms with Crippen LogP contribution in [0.5, 0.6) is 0 Å². The van der Waals surface area contributed by atoms with Gasteiger partial charge in [0.2, 0.25) is 5.91 Å². The molecule has 6 nitrogen and oxygen atoms in total. The van der Waals surface area contributed by atoms with Gasteiger partial charge in [-0.1, -0.05) is 12.8 Å². The molecule has 1 aliphatic heterocycles. The summed E-state index contributed by atoms with van der Waals surface area (Å²) in [6.45, 7) is 2.68. The number of imidazole rings is 1. The van der Waals surface area contributed by atoms with Crippen LogP contribution in [0.25, 0.3) is 0 Å². The number of hydrogen-bond donors (Lipinski definition) is 1. The predicted octanol–water partition coefficient (Wildman–Crippen LogP) is 1.37. The van der Waals surface area contributed by atoms with Crippen LogP contribution < -0.4 is 5.32 Å². The molecule has 2 aliphatic rings. The van der Waals surface area contributed by atoms with Gasteiger partial charge in [-0.05, 0) is 26.2 Å². The van der Waals surface area contributed by atoms with Gasteiger partial charge >= 0.3 is 0 Å². The van der Waals surface area contributed by atoms with Crippen molar-refractivity contribution >= 4 is 15.7 Å². The number of nitrogens with one attached hydrogen (secondary N) is 1. The van der Waals surface area contributed by atoms with Crippen molar-refractivity contribution in [3.05, 3.63) is 17.7 Å². The molecule has 1 aliphatic carbocycles. The minimum Gasteiger partial charge on any atom is -0.352 e. The molecule has 1 N–H and O–H groups in total. The summed E-state index contributed by atoms with van der Waals surface area (Å²) in [4.78, 5) is 16.5. The van der Waals surface area contributed by atoms with Gasteiger partial charge in [-0.25, -0.2) is 13.4 Å². The van der Waals surface area contributed by atoms with Gasteiger partial charge in [0, 0.05) is 31.6 Å². The Kier molecular flexibility index (Phi) is 4.75. The summed E-state index contributed by atoms with van der Waals surface area (Å²) in [7, 11) is -3.12. The fourth-order valence-corrected chi connectivity index (χ4v) is 5.51. The van der Waals surface area contributed by atoms with E-state index < -0.39 is 9.84 Å². The van der Waals surface area contributed by atoms with Crippen LogP contribution in [0, 0.1) is 6.92 Å². The molecule has 7 heteroatoms. The zero-order valence-corrected chi connectivity index (χ0v) is 14.4. The molecule has 3 rings (SSSR count). The average Bonchev–Trinajstić information content (AvgIpc) is 3.13. The average molecular weight is 339 g/mol. The summed E-state index contributed by atoms with van der Waals surface area (Å²) in [5.74, 6) is 0.889. The van der Waals surface area contributed by atoms with E-state index in [1.807, 2.05) is 13.1 Å². The van der Waals surface area contributed by atoms with Gasteiger partial charge in [0.1, 0.15) is 5.82 Å². The lowest BCUT2D eigenvalue weighted by Gasteiger charge is -2.24. The largest absolute Gasteiger partial charge is 0.352 e. The number of sulfone groups is 1. The summed E-state index contributed by atoms with van der Waals surface area (Å²) in [5, 5.41) is 2.76. The van der Waals surface area contributed by atoms with E-state index in [9.17, 15) is 13.2 Å². The van der Waals surface area contributed by atoms with Crippen LogP contribution in [-0.2, 0) is 27.6 Å². The Morgan fingerprint density at radius 3 is 2.83 bits per heavy atom. The van der Waals surface area contributed by atoms with Crippen molar-refractivity contribution in [2.24, 2.45) is 0 Å². The van der Waals surface area contributed by atoms with Gasteiger partial charge in [0.15, 0.2) is 9.84 Å². The first kappa shape index (κ1) is 16.5. The first-order valence-corrected chi connectivity index (χ1v) is 10.2. The summed E-state index contributed by atoms with van der Waals surface area (Å²) in [6, 6.07) is 0.0674. The summed E-state index contributed by atoms with van der Waals surface area (Å²) in [5.41, 5.74) is 0.995. The zero-order chi connectivity index (χ0) is 16.4. The molecule has 128 valence electrons. The van der Waals surface area contributed by atoms with E-state index in [1.165, 1.54) is 0 Å². The number of fused-ring (bicyclic) bond motifs is 1. The zero-order valence-electron chi connectivity index (χ0n) is 13.6. The second-order valence-corrected chi connectivity index (χ2v) is 9.18.